The lowest BCUT2D eigenvalue weighted by Crippen LogP contribution is -2.14. The van der Waals surface area contributed by atoms with Gasteiger partial charge in [0.2, 0.25) is 0 Å². The zero-order valence-electron chi connectivity index (χ0n) is 10.6. The van der Waals surface area contributed by atoms with Crippen LogP contribution in [0.25, 0.3) is 11.1 Å². The lowest BCUT2D eigenvalue weighted by molar-refractivity contribution is 0.554. The number of nitrogens with two attached hydrogens (primary N) is 1. The van der Waals surface area contributed by atoms with E-state index in [1.165, 1.54) is 6.07 Å². The first kappa shape index (κ1) is 12.6. The van der Waals surface area contributed by atoms with Crippen molar-refractivity contribution in [1.29, 1.82) is 0 Å². The van der Waals surface area contributed by atoms with Gasteiger partial charge < -0.3 is 10.2 Å². The van der Waals surface area contributed by atoms with Gasteiger partial charge in [0, 0.05) is 6.04 Å². The second-order valence-electron chi connectivity index (χ2n) is 4.67. The number of hydrogen-bond donors (Lipinski definition) is 2. The number of oxazole rings is 1. The van der Waals surface area contributed by atoms with Gasteiger partial charge in [-0.3, -0.25) is 4.98 Å². The summed E-state index contributed by atoms with van der Waals surface area (Å²) >= 11 is 0. The van der Waals surface area contributed by atoms with E-state index in [2.05, 4.69) is 4.98 Å². The first-order chi connectivity index (χ1) is 9.63. The first-order valence-corrected chi connectivity index (χ1v) is 6.25. The summed E-state index contributed by atoms with van der Waals surface area (Å²) in [4.78, 5) is 13.7. The van der Waals surface area contributed by atoms with Gasteiger partial charge in [-0.2, -0.15) is 0 Å². The molecule has 1 aromatic heterocycles. The number of H-pyrrole nitrogens is 1. The lowest BCUT2D eigenvalue weighted by Gasteiger charge is -2.12. The van der Waals surface area contributed by atoms with E-state index >= 15 is 0 Å². The van der Waals surface area contributed by atoms with E-state index in [1.54, 1.807) is 36.4 Å². The fourth-order valence-electron chi connectivity index (χ4n) is 2.21. The number of aromatic nitrogens is 1. The molecule has 0 aliphatic rings. The van der Waals surface area contributed by atoms with Crippen molar-refractivity contribution in [1.82, 2.24) is 4.98 Å². The minimum Gasteiger partial charge on any atom is -0.408 e. The molecule has 2 aromatic carbocycles. The van der Waals surface area contributed by atoms with Crippen molar-refractivity contribution in [2.45, 2.75) is 12.5 Å². The number of nitrogens with one attached hydrogen (secondary N) is 1. The lowest BCUT2D eigenvalue weighted by atomic mass is 9.99. The van der Waals surface area contributed by atoms with E-state index in [1.807, 2.05) is 0 Å². The second kappa shape index (κ2) is 4.94. The molecule has 0 amide bonds. The van der Waals surface area contributed by atoms with Crippen molar-refractivity contribution < 1.29 is 8.81 Å². The van der Waals surface area contributed by atoms with Gasteiger partial charge >= 0.3 is 5.76 Å². The third-order valence-electron chi connectivity index (χ3n) is 3.27. The van der Waals surface area contributed by atoms with Crippen LogP contribution in [0.4, 0.5) is 4.39 Å². The van der Waals surface area contributed by atoms with Crippen LogP contribution < -0.4 is 11.5 Å². The van der Waals surface area contributed by atoms with Crippen molar-refractivity contribution in [2.24, 2.45) is 5.73 Å². The molecule has 0 spiro atoms. The van der Waals surface area contributed by atoms with Crippen LogP contribution >= 0.6 is 0 Å². The first-order valence-electron chi connectivity index (χ1n) is 6.25. The topological polar surface area (TPSA) is 72.0 Å². The van der Waals surface area contributed by atoms with Gasteiger partial charge in [0.15, 0.2) is 5.58 Å². The van der Waals surface area contributed by atoms with Crippen molar-refractivity contribution in [3.05, 3.63) is 70.0 Å². The molecular weight excluding hydrogens is 259 g/mol. The Kier molecular flexibility index (Phi) is 3.12. The van der Waals surface area contributed by atoms with Gasteiger partial charge in [-0.25, -0.2) is 9.18 Å². The molecule has 0 aliphatic heterocycles. The third-order valence-corrected chi connectivity index (χ3v) is 3.27. The molecule has 3 rings (SSSR count). The van der Waals surface area contributed by atoms with Crippen LogP contribution in [0.15, 0.2) is 51.7 Å². The van der Waals surface area contributed by atoms with Crippen molar-refractivity contribution >= 4 is 11.1 Å². The molecule has 20 heavy (non-hydrogen) atoms. The summed E-state index contributed by atoms with van der Waals surface area (Å²) in [6.07, 6.45) is 0.382. The Labute approximate surface area is 114 Å². The van der Waals surface area contributed by atoms with Gasteiger partial charge in [-0.15, -0.1) is 0 Å². The average Bonchev–Trinajstić information content (AvgIpc) is 2.80. The van der Waals surface area contributed by atoms with E-state index in [0.717, 1.165) is 5.56 Å². The van der Waals surface area contributed by atoms with E-state index in [0.29, 0.717) is 23.1 Å². The molecule has 0 fully saturated rings. The normalized spacial score (nSPS) is 12.7. The highest BCUT2D eigenvalue weighted by Gasteiger charge is 2.12. The summed E-state index contributed by atoms with van der Waals surface area (Å²) in [5.41, 5.74) is 8.53. The quantitative estimate of drug-likeness (QED) is 0.769. The third kappa shape index (κ3) is 2.35. The van der Waals surface area contributed by atoms with Gasteiger partial charge in [-0.1, -0.05) is 24.3 Å². The van der Waals surface area contributed by atoms with Gasteiger partial charge in [0.25, 0.3) is 0 Å². The van der Waals surface area contributed by atoms with Crippen LogP contribution in [0.1, 0.15) is 17.2 Å². The van der Waals surface area contributed by atoms with Crippen LogP contribution in [-0.4, -0.2) is 4.98 Å². The maximum atomic E-state index is 13.6. The van der Waals surface area contributed by atoms with Crippen LogP contribution in [-0.2, 0) is 6.42 Å². The minimum atomic E-state index is -0.500. The molecule has 1 heterocycles. The fourth-order valence-corrected chi connectivity index (χ4v) is 2.21. The van der Waals surface area contributed by atoms with E-state index in [9.17, 15) is 9.18 Å². The predicted octanol–water partition coefficient (Wildman–Crippen LogP) is 2.50. The molecule has 0 radical (unpaired) electrons. The largest absolute Gasteiger partial charge is 0.417 e. The highest BCUT2D eigenvalue weighted by atomic mass is 19.1. The molecule has 0 bridgehead atoms. The number of halogens is 1. The van der Waals surface area contributed by atoms with Gasteiger partial charge in [0.05, 0.1) is 5.52 Å². The highest BCUT2D eigenvalue weighted by molar-refractivity contribution is 5.72. The average molecular weight is 272 g/mol. The van der Waals surface area contributed by atoms with Crippen molar-refractivity contribution in [2.75, 3.05) is 0 Å². The number of aromatic amines is 1. The molecule has 102 valence electrons. The van der Waals surface area contributed by atoms with E-state index < -0.39 is 5.76 Å². The Balaban J connectivity index is 1.90. The van der Waals surface area contributed by atoms with E-state index in [-0.39, 0.29) is 11.9 Å². The van der Waals surface area contributed by atoms with Crippen molar-refractivity contribution in [3.8, 4) is 0 Å². The summed E-state index contributed by atoms with van der Waals surface area (Å²) in [6.45, 7) is 0. The van der Waals surface area contributed by atoms with Crippen LogP contribution in [0.3, 0.4) is 0 Å². The zero-order valence-corrected chi connectivity index (χ0v) is 10.6. The van der Waals surface area contributed by atoms with Crippen LogP contribution in [0, 0.1) is 5.82 Å². The summed E-state index contributed by atoms with van der Waals surface area (Å²) in [5.74, 6) is -0.767. The summed E-state index contributed by atoms with van der Waals surface area (Å²) in [6, 6.07) is 11.4. The van der Waals surface area contributed by atoms with E-state index in [4.69, 9.17) is 10.2 Å². The molecule has 1 atom stereocenters. The molecular formula is C15H13FN2O2. The zero-order chi connectivity index (χ0) is 14.1. The Bertz CT molecular complexity index is 807. The summed E-state index contributed by atoms with van der Waals surface area (Å²) < 4.78 is 18.6. The maximum Gasteiger partial charge on any atom is 0.417 e. The van der Waals surface area contributed by atoms with Crippen LogP contribution in [0.2, 0.25) is 0 Å². The number of hydrogen-bond acceptors (Lipinski definition) is 3. The van der Waals surface area contributed by atoms with Crippen molar-refractivity contribution in [3.63, 3.8) is 0 Å². The molecule has 4 nitrogen and oxygen atoms in total. The van der Waals surface area contributed by atoms with Gasteiger partial charge in [0.1, 0.15) is 5.82 Å². The molecule has 0 saturated carbocycles. The summed E-state index contributed by atoms with van der Waals surface area (Å²) in [7, 11) is 0. The molecule has 3 N–H and O–H groups in total. The number of benzene rings is 2. The smallest absolute Gasteiger partial charge is 0.408 e. The highest BCUT2D eigenvalue weighted by Crippen LogP contribution is 2.21. The number of rotatable bonds is 3. The van der Waals surface area contributed by atoms with Gasteiger partial charge in [-0.05, 0) is 35.7 Å². The number of fused-ring (bicyclic) bond motifs is 1. The molecule has 0 aliphatic carbocycles. The Morgan fingerprint density at radius 2 is 2.05 bits per heavy atom. The molecule has 0 saturated heterocycles. The molecule has 3 aromatic rings. The molecule has 5 heteroatoms. The fraction of sp³-hybridized carbons (Fsp3) is 0.133. The monoisotopic (exact) mass is 272 g/mol. The Hall–Kier alpha value is -2.40. The predicted molar refractivity (Wildman–Crippen MR) is 73.9 cm³/mol. The maximum absolute atomic E-state index is 13.6. The standard InChI is InChI=1S/C15H13FN2O2/c16-11-4-2-1-3-9(11)7-12(17)10-5-6-13-14(8-10)20-15(19)18-13/h1-6,8,12H,7,17H2,(H,18,19). The van der Waals surface area contributed by atoms with Crippen LogP contribution in [0.5, 0.6) is 0 Å². The minimum absolute atomic E-state index is 0.266. The summed E-state index contributed by atoms with van der Waals surface area (Å²) in [5, 5.41) is 0. The Morgan fingerprint density at radius 1 is 1.25 bits per heavy atom. The molecule has 1 unspecified atom stereocenters. The Morgan fingerprint density at radius 3 is 2.85 bits per heavy atom. The second-order valence-corrected chi connectivity index (χ2v) is 4.67. The SMILES string of the molecule is NC(Cc1ccccc1F)c1ccc2[nH]c(=O)oc2c1.